The van der Waals surface area contributed by atoms with Gasteiger partial charge in [0.1, 0.15) is 12.4 Å². The van der Waals surface area contributed by atoms with Gasteiger partial charge in [-0.3, -0.25) is 19.5 Å². The van der Waals surface area contributed by atoms with E-state index in [1.165, 1.54) is 0 Å². The molecule has 5 rings (SSSR count). The summed E-state index contributed by atoms with van der Waals surface area (Å²) in [7, 11) is 0. The minimum atomic E-state index is -0.202. The Labute approximate surface area is 216 Å². The van der Waals surface area contributed by atoms with Crippen LogP contribution in [0.3, 0.4) is 0 Å². The van der Waals surface area contributed by atoms with Crippen molar-refractivity contribution < 1.29 is 14.3 Å². The van der Waals surface area contributed by atoms with Gasteiger partial charge in [-0.25, -0.2) is 0 Å². The predicted octanol–water partition coefficient (Wildman–Crippen LogP) is 4.62. The Bertz CT molecular complexity index is 1210. The van der Waals surface area contributed by atoms with Crippen LogP contribution in [-0.2, 0) is 17.9 Å². The lowest BCUT2D eigenvalue weighted by molar-refractivity contribution is -0.134. The summed E-state index contributed by atoms with van der Waals surface area (Å²) in [4.78, 5) is 33.6. The van der Waals surface area contributed by atoms with Crippen molar-refractivity contribution in [2.24, 2.45) is 5.92 Å². The Kier molecular flexibility index (Phi) is 7.49. The molecule has 2 aliphatic rings. The molecule has 36 heavy (non-hydrogen) atoms. The maximum atomic E-state index is 12.7. The number of carbonyl (C=O) groups excluding carboxylic acids is 2. The van der Waals surface area contributed by atoms with Crippen LogP contribution < -0.4 is 10.1 Å². The number of aromatic nitrogens is 1. The quantitative estimate of drug-likeness (QED) is 0.484. The van der Waals surface area contributed by atoms with E-state index in [1.807, 2.05) is 47.4 Å². The van der Waals surface area contributed by atoms with Crippen molar-refractivity contribution >= 4 is 29.1 Å². The Balaban J connectivity index is 1.11. The summed E-state index contributed by atoms with van der Waals surface area (Å²) < 4.78 is 5.74. The lowest BCUT2D eigenvalue weighted by atomic mass is 10.1. The highest BCUT2D eigenvalue weighted by Gasteiger charge is 2.34. The molecule has 2 aromatic carbocycles. The van der Waals surface area contributed by atoms with Crippen LogP contribution in [0.1, 0.15) is 34.5 Å². The van der Waals surface area contributed by atoms with Gasteiger partial charge in [-0.15, -0.1) is 0 Å². The summed E-state index contributed by atoms with van der Waals surface area (Å²) in [5, 5.41) is 3.31. The molecule has 2 heterocycles. The second kappa shape index (κ2) is 11.1. The highest BCUT2D eigenvalue weighted by Crippen LogP contribution is 2.31. The number of benzene rings is 2. The fourth-order valence-electron chi connectivity index (χ4n) is 4.27. The molecule has 1 aliphatic heterocycles. The fraction of sp³-hybridized carbons (Fsp3) is 0.321. The molecule has 1 aromatic heterocycles. The largest absolute Gasteiger partial charge is 0.486 e. The van der Waals surface area contributed by atoms with E-state index < -0.39 is 0 Å². The summed E-state index contributed by atoms with van der Waals surface area (Å²) in [6.07, 6.45) is 3.82. The van der Waals surface area contributed by atoms with Gasteiger partial charge in [0.2, 0.25) is 5.91 Å². The normalized spacial score (nSPS) is 16.0. The molecule has 0 unspecified atom stereocenters. The zero-order chi connectivity index (χ0) is 24.9. The molecule has 0 bridgehead atoms. The van der Waals surface area contributed by atoms with Gasteiger partial charge in [-0.2, -0.15) is 0 Å². The molecule has 2 amide bonds. The average molecular weight is 505 g/mol. The van der Waals surface area contributed by atoms with Crippen molar-refractivity contribution in [1.29, 1.82) is 0 Å². The highest BCUT2D eigenvalue weighted by atomic mass is 35.5. The first kappa shape index (κ1) is 24.3. The standard InChI is InChI=1S/C28H29ClN4O3/c29-25-17-23(10-11-26(25)36-19-24-3-1-2-12-30-24)31-27(34)21-6-4-20(5-7-21)18-32-13-15-33(16-14-32)28(35)22-8-9-22/h1-7,10-12,17,22H,8-9,13-16,18-19H2,(H,31,34). The topological polar surface area (TPSA) is 74.8 Å². The van der Waals surface area contributed by atoms with E-state index in [-0.39, 0.29) is 11.8 Å². The van der Waals surface area contributed by atoms with E-state index in [2.05, 4.69) is 15.2 Å². The van der Waals surface area contributed by atoms with Gasteiger partial charge < -0.3 is 15.0 Å². The molecule has 186 valence electrons. The summed E-state index contributed by atoms with van der Waals surface area (Å²) in [6, 6.07) is 18.5. The molecule has 8 heteroatoms. The van der Waals surface area contributed by atoms with E-state index in [1.54, 1.807) is 24.4 Å². The second-order valence-electron chi connectivity index (χ2n) is 9.28. The molecule has 3 aromatic rings. The van der Waals surface area contributed by atoms with Crippen LogP contribution in [0.25, 0.3) is 0 Å². The Hall–Kier alpha value is -3.42. The molecule has 2 fully saturated rings. The van der Waals surface area contributed by atoms with E-state index in [4.69, 9.17) is 16.3 Å². The first-order valence-electron chi connectivity index (χ1n) is 12.3. The fourth-order valence-corrected chi connectivity index (χ4v) is 4.50. The minimum absolute atomic E-state index is 0.202. The Morgan fingerprint density at radius 3 is 2.44 bits per heavy atom. The van der Waals surface area contributed by atoms with Gasteiger partial charge in [-0.05, 0) is 60.9 Å². The Morgan fingerprint density at radius 1 is 1.00 bits per heavy atom. The molecule has 1 saturated carbocycles. The molecule has 7 nitrogen and oxygen atoms in total. The van der Waals surface area contributed by atoms with Gasteiger partial charge in [0.15, 0.2) is 0 Å². The van der Waals surface area contributed by atoms with E-state index in [0.717, 1.165) is 56.8 Å². The monoisotopic (exact) mass is 504 g/mol. The first-order valence-corrected chi connectivity index (χ1v) is 12.7. The van der Waals surface area contributed by atoms with Crippen LogP contribution in [0.5, 0.6) is 5.75 Å². The van der Waals surface area contributed by atoms with Crippen molar-refractivity contribution in [1.82, 2.24) is 14.8 Å². The SMILES string of the molecule is O=C(Nc1ccc(OCc2ccccn2)c(Cl)c1)c1ccc(CN2CCN(C(=O)C3CC3)CC2)cc1. The van der Waals surface area contributed by atoms with Gasteiger partial charge >= 0.3 is 0 Å². The van der Waals surface area contributed by atoms with Crippen molar-refractivity contribution in [2.45, 2.75) is 26.0 Å². The van der Waals surface area contributed by atoms with Crippen molar-refractivity contribution in [3.63, 3.8) is 0 Å². The minimum Gasteiger partial charge on any atom is -0.486 e. The van der Waals surface area contributed by atoms with Gasteiger partial charge in [0, 0.05) is 56.1 Å². The number of halogens is 1. The van der Waals surface area contributed by atoms with Crippen molar-refractivity contribution in [3.8, 4) is 5.75 Å². The molecule has 1 saturated heterocycles. The van der Waals surface area contributed by atoms with Crippen LogP contribution in [0.4, 0.5) is 5.69 Å². The van der Waals surface area contributed by atoms with Gasteiger partial charge in [-0.1, -0.05) is 29.8 Å². The van der Waals surface area contributed by atoms with Crippen LogP contribution in [0.15, 0.2) is 66.9 Å². The van der Waals surface area contributed by atoms with Crippen LogP contribution >= 0.6 is 11.6 Å². The third-order valence-corrected chi connectivity index (χ3v) is 6.82. The number of rotatable bonds is 8. The number of anilines is 1. The lowest BCUT2D eigenvalue weighted by Crippen LogP contribution is -2.48. The molecular weight excluding hydrogens is 476 g/mol. The van der Waals surface area contributed by atoms with Crippen LogP contribution in [0, 0.1) is 5.92 Å². The van der Waals surface area contributed by atoms with Crippen LogP contribution in [-0.4, -0.2) is 52.8 Å². The van der Waals surface area contributed by atoms with Crippen molar-refractivity contribution in [2.75, 3.05) is 31.5 Å². The molecule has 0 atom stereocenters. The number of nitrogens with zero attached hydrogens (tertiary/aromatic N) is 3. The highest BCUT2D eigenvalue weighted by molar-refractivity contribution is 6.32. The van der Waals surface area contributed by atoms with E-state index in [0.29, 0.717) is 34.5 Å². The maximum absolute atomic E-state index is 12.7. The third kappa shape index (κ3) is 6.22. The predicted molar refractivity (Wildman–Crippen MR) is 139 cm³/mol. The average Bonchev–Trinajstić information content (AvgIpc) is 3.75. The number of ether oxygens (including phenoxy) is 1. The number of carbonyl (C=O) groups is 2. The zero-order valence-corrected chi connectivity index (χ0v) is 20.8. The molecular formula is C28H29ClN4O3. The third-order valence-electron chi connectivity index (χ3n) is 6.52. The van der Waals surface area contributed by atoms with Crippen molar-refractivity contribution in [3.05, 3.63) is 88.7 Å². The molecule has 0 spiro atoms. The smallest absolute Gasteiger partial charge is 0.255 e. The number of nitrogens with one attached hydrogen (secondary N) is 1. The number of piperazine rings is 1. The number of amides is 2. The number of hydrogen-bond acceptors (Lipinski definition) is 5. The van der Waals surface area contributed by atoms with E-state index >= 15 is 0 Å². The first-order chi connectivity index (χ1) is 17.5. The zero-order valence-electron chi connectivity index (χ0n) is 20.0. The number of hydrogen-bond donors (Lipinski definition) is 1. The van der Waals surface area contributed by atoms with Gasteiger partial charge in [0.25, 0.3) is 5.91 Å². The molecule has 1 aliphatic carbocycles. The van der Waals surface area contributed by atoms with Gasteiger partial charge in [0.05, 0.1) is 10.7 Å². The number of pyridine rings is 1. The molecule has 0 radical (unpaired) electrons. The van der Waals surface area contributed by atoms with E-state index in [9.17, 15) is 9.59 Å². The summed E-state index contributed by atoms with van der Waals surface area (Å²) in [6.45, 7) is 4.47. The second-order valence-corrected chi connectivity index (χ2v) is 9.69. The summed E-state index contributed by atoms with van der Waals surface area (Å²) in [5.74, 6) is 0.946. The summed E-state index contributed by atoms with van der Waals surface area (Å²) >= 11 is 6.36. The lowest BCUT2D eigenvalue weighted by Gasteiger charge is -2.35. The molecule has 1 N–H and O–H groups in total. The maximum Gasteiger partial charge on any atom is 0.255 e. The Morgan fingerprint density at radius 2 is 1.78 bits per heavy atom. The summed E-state index contributed by atoms with van der Waals surface area (Å²) in [5.41, 5.74) is 3.12. The van der Waals surface area contributed by atoms with Crippen LogP contribution in [0.2, 0.25) is 5.02 Å².